The lowest BCUT2D eigenvalue weighted by Gasteiger charge is -2.15. The Bertz CT molecular complexity index is 652. The minimum Gasteiger partial charge on any atom is -0.356 e. The molecular weight excluding hydrogens is 310 g/mol. The van der Waals surface area contributed by atoms with Crippen molar-refractivity contribution in [1.29, 1.82) is 0 Å². The van der Waals surface area contributed by atoms with Crippen LogP contribution in [0.25, 0.3) is 0 Å². The summed E-state index contributed by atoms with van der Waals surface area (Å²) in [5.74, 6) is 0.106. The van der Waals surface area contributed by atoms with E-state index < -0.39 is 6.04 Å². The van der Waals surface area contributed by atoms with Gasteiger partial charge in [-0.05, 0) is 25.3 Å². The summed E-state index contributed by atoms with van der Waals surface area (Å²) in [6, 6.07) is 0.991. The van der Waals surface area contributed by atoms with Gasteiger partial charge in [0, 0.05) is 45.0 Å². The number of amides is 4. The van der Waals surface area contributed by atoms with Crippen molar-refractivity contribution in [3.05, 3.63) is 18.0 Å². The molecule has 0 bridgehead atoms. The number of carbonyl (C=O) groups is 3. The van der Waals surface area contributed by atoms with Gasteiger partial charge < -0.3 is 10.2 Å². The molecule has 1 unspecified atom stereocenters. The molecule has 1 saturated carbocycles. The van der Waals surface area contributed by atoms with Crippen molar-refractivity contribution < 1.29 is 14.4 Å². The first-order valence-electron chi connectivity index (χ1n) is 8.32. The third-order valence-electron chi connectivity index (χ3n) is 4.66. The highest BCUT2D eigenvalue weighted by Crippen LogP contribution is 2.39. The van der Waals surface area contributed by atoms with Gasteiger partial charge in [0.15, 0.2) is 0 Å². The molecule has 8 heteroatoms. The Labute approximate surface area is 140 Å². The molecule has 0 radical (unpaired) electrons. The first-order chi connectivity index (χ1) is 11.5. The Morgan fingerprint density at radius 3 is 2.71 bits per heavy atom. The summed E-state index contributed by atoms with van der Waals surface area (Å²) >= 11 is 0. The lowest BCUT2D eigenvalue weighted by molar-refractivity contribution is -0.131. The molecule has 1 aliphatic carbocycles. The van der Waals surface area contributed by atoms with E-state index in [2.05, 4.69) is 16.5 Å². The van der Waals surface area contributed by atoms with Crippen molar-refractivity contribution in [2.75, 3.05) is 20.6 Å². The SMILES string of the molecule is CN1C(=O)C(CC(=O)NCCCn2nccc2C2CC2)N(C)C1=O. The summed E-state index contributed by atoms with van der Waals surface area (Å²) in [7, 11) is 2.97. The molecule has 0 spiro atoms. The van der Waals surface area contributed by atoms with Crippen molar-refractivity contribution in [1.82, 2.24) is 24.9 Å². The van der Waals surface area contributed by atoms with E-state index in [1.54, 1.807) is 7.05 Å². The molecule has 4 amide bonds. The second-order valence-electron chi connectivity index (χ2n) is 6.47. The van der Waals surface area contributed by atoms with Crippen LogP contribution in [-0.4, -0.2) is 64.1 Å². The fourth-order valence-electron chi connectivity index (χ4n) is 3.04. The maximum Gasteiger partial charge on any atom is 0.326 e. The van der Waals surface area contributed by atoms with E-state index in [1.807, 2.05) is 10.9 Å². The Kier molecular flexibility index (Phi) is 4.55. The molecule has 1 saturated heterocycles. The topological polar surface area (TPSA) is 87.5 Å². The van der Waals surface area contributed by atoms with Crippen molar-refractivity contribution in [2.45, 2.75) is 44.2 Å². The average molecular weight is 333 g/mol. The van der Waals surface area contributed by atoms with E-state index in [4.69, 9.17) is 0 Å². The molecule has 3 rings (SSSR count). The summed E-state index contributed by atoms with van der Waals surface area (Å²) in [6.45, 7) is 1.29. The van der Waals surface area contributed by atoms with Crippen LogP contribution in [0.2, 0.25) is 0 Å². The van der Waals surface area contributed by atoms with Gasteiger partial charge in [0.1, 0.15) is 6.04 Å². The van der Waals surface area contributed by atoms with Crippen LogP contribution in [0.4, 0.5) is 4.79 Å². The van der Waals surface area contributed by atoms with Gasteiger partial charge in [0.2, 0.25) is 5.91 Å². The predicted molar refractivity (Wildman–Crippen MR) is 86.2 cm³/mol. The maximum atomic E-state index is 12.0. The van der Waals surface area contributed by atoms with Crippen LogP contribution in [-0.2, 0) is 16.1 Å². The van der Waals surface area contributed by atoms with Gasteiger partial charge in [-0.15, -0.1) is 0 Å². The molecule has 0 aromatic carbocycles. The molecule has 1 aliphatic heterocycles. The predicted octanol–water partition coefficient (Wildman–Crippen LogP) is 0.549. The van der Waals surface area contributed by atoms with E-state index in [1.165, 1.54) is 30.5 Å². The van der Waals surface area contributed by atoms with Gasteiger partial charge in [-0.3, -0.25) is 19.2 Å². The number of rotatable bonds is 7. The molecule has 8 nitrogen and oxygen atoms in total. The number of carbonyl (C=O) groups excluding carboxylic acids is 3. The molecule has 2 heterocycles. The third-order valence-corrected chi connectivity index (χ3v) is 4.66. The number of aromatic nitrogens is 2. The number of nitrogens with one attached hydrogen (secondary N) is 1. The Balaban J connectivity index is 1.40. The van der Waals surface area contributed by atoms with E-state index >= 15 is 0 Å². The molecule has 2 aliphatic rings. The molecule has 1 aromatic heterocycles. The molecule has 1 N–H and O–H groups in total. The van der Waals surface area contributed by atoms with Gasteiger partial charge >= 0.3 is 6.03 Å². The van der Waals surface area contributed by atoms with Gasteiger partial charge in [0.05, 0.1) is 6.42 Å². The van der Waals surface area contributed by atoms with Gasteiger partial charge in [-0.2, -0.15) is 5.10 Å². The molecule has 130 valence electrons. The lowest BCUT2D eigenvalue weighted by atomic mass is 10.2. The second kappa shape index (κ2) is 6.62. The number of imide groups is 1. The number of hydrogen-bond donors (Lipinski definition) is 1. The molecule has 24 heavy (non-hydrogen) atoms. The highest BCUT2D eigenvalue weighted by Gasteiger charge is 2.41. The van der Waals surface area contributed by atoms with Crippen molar-refractivity contribution >= 4 is 17.8 Å². The Hall–Kier alpha value is -2.38. The van der Waals surface area contributed by atoms with Crippen LogP contribution >= 0.6 is 0 Å². The first-order valence-corrected chi connectivity index (χ1v) is 8.32. The zero-order valence-corrected chi connectivity index (χ0v) is 14.1. The van der Waals surface area contributed by atoms with E-state index in [9.17, 15) is 14.4 Å². The summed E-state index contributed by atoms with van der Waals surface area (Å²) in [4.78, 5) is 38.0. The van der Waals surface area contributed by atoms with E-state index in [-0.39, 0.29) is 24.3 Å². The summed E-state index contributed by atoms with van der Waals surface area (Å²) < 4.78 is 2.01. The zero-order chi connectivity index (χ0) is 17.3. The van der Waals surface area contributed by atoms with Gasteiger partial charge in [-0.25, -0.2) is 4.79 Å². The van der Waals surface area contributed by atoms with Crippen LogP contribution in [0.5, 0.6) is 0 Å². The van der Waals surface area contributed by atoms with Crippen LogP contribution in [0, 0.1) is 0 Å². The van der Waals surface area contributed by atoms with Crippen LogP contribution in [0.1, 0.15) is 37.3 Å². The monoisotopic (exact) mass is 333 g/mol. The minimum atomic E-state index is -0.699. The van der Waals surface area contributed by atoms with Crippen molar-refractivity contribution in [3.8, 4) is 0 Å². The fourth-order valence-corrected chi connectivity index (χ4v) is 3.04. The summed E-state index contributed by atoms with van der Waals surface area (Å²) in [5, 5.41) is 7.14. The lowest BCUT2D eigenvalue weighted by Crippen LogP contribution is -2.37. The molecule has 1 aromatic rings. The van der Waals surface area contributed by atoms with Crippen molar-refractivity contribution in [2.24, 2.45) is 0 Å². The highest BCUT2D eigenvalue weighted by molar-refractivity contribution is 6.05. The number of aryl methyl sites for hydroxylation is 1. The molecule has 1 atom stereocenters. The normalized spacial score (nSPS) is 20.8. The third kappa shape index (κ3) is 3.27. The number of hydrogen-bond acceptors (Lipinski definition) is 4. The Morgan fingerprint density at radius 2 is 2.08 bits per heavy atom. The first kappa shape index (κ1) is 16.5. The number of likely N-dealkylation sites (N-methyl/N-ethyl adjacent to an activating group) is 2. The van der Waals surface area contributed by atoms with Gasteiger partial charge in [-0.1, -0.05) is 0 Å². The Morgan fingerprint density at radius 1 is 1.33 bits per heavy atom. The van der Waals surface area contributed by atoms with Gasteiger partial charge in [0.25, 0.3) is 5.91 Å². The molecule has 2 fully saturated rings. The van der Waals surface area contributed by atoms with E-state index in [0.29, 0.717) is 12.5 Å². The van der Waals surface area contributed by atoms with Crippen LogP contribution in [0.15, 0.2) is 12.3 Å². The average Bonchev–Trinajstić information content (AvgIpc) is 3.28. The smallest absolute Gasteiger partial charge is 0.326 e. The maximum absolute atomic E-state index is 12.0. The van der Waals surface area contributed by atoms with Crippen LogP contribution < -0.4 is 5.32 Å². The quantitative estimate of drug-likeness (QED) is 0.583. The largest absolute Gasteiger partial charge is 0.356 e. The standard InChI is InChI=1S/C16H23N5O3/c1-19-13(15(23)20(2)16(19)24)10-14(22)17-7-3-9-21-12(6-8-18-21)11-4-5-11/h6,8,11,13H,3-5,7,9-10H2,1-2H3,(H,17,22). The number of urea groups is 1. The van der Waals surface area contributed by atoms with E-state index in [0.717, 1.165) is 17.9 Å². The molecular formula is C16H23N5O3. The van der Waals surface area contributed by atoms with Crippen molar-refractivity contribution in [3.63, 3.8) is 0 Å². The zero-order valence-electron chi connectivity index (χ0n) is 14.1. The highest BCUT2D eigenvalue weighted by atomic mass is 16.2. The summed E-state index contributed by atoms with van der Waals surface area (Å²) in [6.07, 6.45) is 5.07. The van der Waals surface area contributed by atoms with Crippen LogP contribution in [0.3, 0.4) is 0 Å². The minimum absolute atomic E-state index is 0.000503. The second-order valence-corrected chi connectivity index (χ2v) is 6.47. The summed E-state index contributed by atoms with van der Waals surface area (Å²) in [5.41, 5.74) is 1.28. The number of nitrogens with zero attached hydrogens (tertiary/aromatic N) is 4. The fraction of sp³-hybridized carbons (Fsp3) is 0.625.